The van der Waals surface area contributed by atoms with Crippen LogP contribution in [0.5, 0.6) is 11.6 Å². The van der Waals surface area contributed by atoms with Crippen molar-refractivity contribution >= 4 is 11.7 Å². The minimum atomic E-state index is -0.240. The van der Waals surface area contributed by atoms with E-state index in [1.807, 2.05) is 37.3 Å². The van der Waals surface area contributed by atoms with Crippen LogP contribution >= 0.6 is 0 Å². The van der Waals surface area contributed by atoms with Crippen molar-refractivity contribution in [2.75, 3.05) is 32.1 Å². The van der Waals surface area contributed by atoms with Gasteiger partial charge in [-0.2, -0.15) is 0 Å². The number of nitrogens with zero attached hydrogens (tertiary/aromatic N) is 2. The number of rotatable bonds is 7. The van der Waals surface area contributed by atoms with Gasteiger partial charge in [0.15, 0.2) is 0 Å². The van der Waals surface area contributed by atoms with Crippen molar-refractivity contribution in [3.63, 3.8) is 0 Å². The fourth-order valence-corrected chi connectivity index (χ4v) is 1.87. The Balaban J connectivity index is 1.83. The van der Waals surface area contributed by atoms with E-state index in [0.29, 0.717) is 31.3 Å². The second kappa shape index (κ2) is 8.63. The molecule has 0 aliphatic rings. The van der Waals surface area contributed by atoms with Gasteiger partial charge in [-0.15, -0.1) is 0 Å². The molecule has 122 valence electrons. The van der Waals surface area contributed by atoms with Gasteiger partial charge >= 0.3 is 6.03 Å². The van der Waals surface area contributed by atoms with Gasteiger partial charge in [-0.3, -0.25) is 0 Å². The molecule has 0 spiro atoms. The van der Waals surface area contributed by atoms with Crippen LogP contribution in [0.15, 0.2) is 48.7 Å². The minimum absolute atomic E-state index is 0.240. The highest BCUT2D eigenvalue weighted by Crippen LogP contribution is 2.20. The van der Waals surface area contributed by atoms with E-state index in [9.17, 15) is 4.79 Å². The van der Waals surface area contributed by atoms with Gasteiger partial charge in [-0.05, 0) is 31.2 Å². The molecule has 0 saturated heterocycles. The van der Waals surface area contributed by atoms with Crippen LogP contribution in [0, 0.1) is 0 Å². The summed E-state index contributed by atoms with van der Waals surface area (Å²) in [5, 5.41) is 2.79. The van der Waals surface area contributed by atoms with Gasteiger partial charge in [0.05, 0.1) is 13.2 Å². The standard InChI is InChI=1S/C17H21N3O3/c1-3-22-16-15(10-7-11-18-16)19-17(21)20(2)12-13-23-14-8-5-4-6-9-14/h4-11H,3,12-13H2,1-2H3,(H,19,21). The summed E-state index contributed by atoms with van der Waals surface area (Å²) in [5.41, 5.74) is 0.551. The fourth-order valence-electron chi connectivity index (χ4n) is 1.87. The van der Waals surface area contributed by atoms with Crippen molar-refractivity contribution in [3.05, 3.63) is 48.7 Å². The maximum atomic E-state index is 12.2. The van der Waals surface area contributed by atoms with Crippen LogP contribution in [-0.4, -0.2) is 42.7 Å². The molecule has 0 fully saturated rings. The number of nitrogens with one attached hydrogen (secondary N) is 1. The van der Waals surface area contributed by atoms with Crippen molar-refractivity contribution in [1.82, 2.24) is 9.88 Å². The Bertz CT molecular complexity index is 619. The third-order valence-electron chi connectivity index (χ3n) is 3.08. The fraction of sp³-hybridized carbons (Fsp3) is 0.294. The zero-order valence-electron chi connectivity index (χ0n) is 13.4. The van der Waals surface area contributed by atoms with Crippen LogP contribution in [0.25, 0.3) is 0 Å². The van der Waals surface area contributed by atoms with E-state index in [2.05, 4.69) is 10.3 Å². The first kappa shape index (κ1) is 16.6. The number of likely N-dealkylation sites (N-methyl/N-ethyl adjacent to an activating group) is 1. The highest BCUT2D eigenvalue weighted by atomic mass is 16.5. The number of anilines is 1. The average Bonchev–Trinajstić information content (AvgIpc) is 2.57. The number of hydrogen-bond acceptors (Lipinski definition) is 4. The lowest BCUT2D eigenvalue weighted by Crippen LogP contribution is -2.34. The second-order valence-electron chi connectivity index (χ2n) is 4.80. The molecule has 1 aromatic carbocycles. The van der Waals surface area contributed by atoms with Crippen LogP contribution in [0.1, 0.15) is 6.92 Å². The lowest BCUT2D eigenvalue weighted by atomic mass is 10.3. The topological polar surface area (TPSA) is 63.7 Å². The summed E-state index contributed by atoms with van der Waals surface area (Å²) in [6, 6.07) is 12.8. The zero-order valence-corrected chi connectivity index (χ0v) is 13.4. The number of amides is 2. The predicted molar refractivity (Wildman–Crippen MR) is 89.0 cm³/mol. The summed E-state index contributed by atoms with van der Waals surface area (Å²) in [6.45, 7) is 3.23. The Morgan fingerprint density at radius 3 is 2.70 bits per heavy atom. The summed E-state index contributed by atoms with van der Waals surface area (Å²) in [7, 11) is 1.71. The Morgan fingerprint density at radius 2 is 1.96 bits per heavy atom. The summed E-state index contributed by atoms with van der Waals surface area (Å²) in [5.74, 6) is 1.20. The highest BCUT2D eigenvalue weighted by Gasteiger charge is 2.12. The van der Waals surface area contributed by atoms with E-state index < -0.39 is 0 Å². The Kier molecular flexibility index (Phi) is 6.23. The first-order chi connectivity index (χ1) is 11.2. The number of carbonyl (C=O) groups excluding carboxylic acids is 1. The zero-order chi connectivity index (χ0) is 16.5. The Labute approximate surface area is 136 Å². The van der Waals surface area contributed by atoms with Gasteiger partial charge in [-0.25, -0.2) is 9.78 Å². The van der Waals surface area contributed by atoms with E-state index in [0.717, 1.165) is 5.75 Å². The second-order valence-corrected chi connectivity index (χ2v) is 4.80. The number of pyridine rings is 1. The highest BCUT2D eigenvalue weighted by molar-refractivity contribution is 5.90. The van der Waals surface area contributed by atoms with Crippen LogP contribution in [0.2, 0.25) is 0 Å². The first-order valence-electron chi connectivity index (χ1n) is 7.48. The average molecular weight is 315 g/mol. The number of para-hydroxylation sites is 1. The predicted octanol–water partition coefficient (Wildman–Crippen LogP) is 3.02. The number of benzene rings is 1. The summed E-state index contributed by atoms with van der Waals surface area (Å²) in [6.07, 6.45) is 1.62. The van der Waals surface area contributed by atoms with Crippen molar-refractivity contribution in [2.24, 2.45) is 0 Å². The third kappa shape index (κ3) is 5.18. The molecule has 0 aliphatic carbocycles. The van der Waals surface area contributed by atoms with Crippen LogP contribution < -0.4 is 14.8 Å². The lowest BCUT2D eigenvalue weighted by molar-refractivity contribution is 0.207. The molecule has 2 rings (SSSR count). The van der Waals surface area contributed by atoms with Crippen molar-refractivity contribution in [1.29, 1.82) is 0 Å². The molecular formula is C17H21N3O3. The largest absolute Gasteiger partial charge is 0.492 e. The normalized spacial score (nSPS) is 10.0. The quantitative estimate of drug-likeness (QED) is 0.853. The summed E-state index contributed by atoms with van der Waals surface area (Å²) >= 11 is 0. The molecule has 0 atom stereocenters. The molecule has 6 heteroatoms. The van der Waals surface area contributed by atoms with Crippen molar-refractivity contribution < 1.29 is 14.3 Å². The molecular weight excluding hydrogens is 294 g/mol. The van der Waals surface area contributed by atoms with Crippen LogP contribution in [0.4, 0.5) is 10.5 Å². The van der Waals surface area contributed by atoms with Gasteiger partial charge in [-0.1, -0.05) is 18.2 Å². The molecule has 1 heterocycles. The van der Waals surface area contributed by atoms with Crippen LogP contribution in [-0.2, 0) is 0 Å². The van der Waals surface area contributed by atoms with Gasteiger partial charge in [0.25, 0.3) is 0 Å². The Morgan fingerprint density at radius 1 is 1.17 bits per heavy atom. The maximum Gasteiger partial charge on any atom is 0.321 e. The molecule has 6 nitrogen and oxygen atoms in total. The minimum Gasteiger partial charge on any atom is -0.492 e. The van der Waals surface area contributed by atoms with Gasteiger partial charge < -0.3 is 19.7 Å². The molecule has 1 N–H and O–H groups in total. The summed E-state index contributed by atoms with van der Waals surface area (Å²) in [4.78, 5) is 17.8. The molecule has 0 unspecified atom stereocenters. The molecule has 0 aliphatic heterocycles. The molecule has 23 heavy (non-hydrogen) atoms. The van der Waals surface area contributed by atoms with Gasteiger partial charge in [0.1, 0.15) is 18.0 Å². The van der Waals surface area contributed by atoms with Crippen LogP contribution in [0.3, 0.4) is 0 Å². The molecule has 2 amide bonds. The molecule has 0 saturated carbocycles. The van der Waals surface area contributed by atoms with E-state index in [1.54, 1.807) is 30.3 Å². The van der Waals surface area contributed by atoms with Gasteiger partial charge in [0.2, 0.25) is 5.88 Å². The first-order valence-corrected chi connectivity index (χ1v) is 7.48. The molecule has 0 radical (unpaired) electrons. The number of hydrogen-bond donors (Lipinski definition) is 1. The maximum absolute atomic E-state index is 12.2. The van der Waals surface area contributed by atoms with Gasteiger partial charge in [0, 0.05) is 13.2 Å². The van der Waals surface area contributed by atoms with E-state index in [1.165, 1.54) is 0 Å². The third-order valence-corrected chi connectivity index (χ3v) is 3.08. The molecule has 2 aromatic rings. The lowest BCUT2D eigenvalue weighted by Gasteiger charge is -2.19. The number of ether oxygens (including phenoxy) is 2. The number of carbonyl (C=O) groups is 1. The van der Waals surface area contributed by atoms with Crippen molar-refractivity contribution in [3.8, 4) is 11.6 Å². The van der Waals surface area contributed by atoms with Crippen molar-refractivity contribution in [2.45, 2.75) is 6.92 Å². The number of aromatic nitrogens is 1. The smallest absolute Gasteiger partial charge is 0.321 e. The molecule has 0 bridgehead atoms. The molecule has 1 aromatic heterocycles. The van der Waals surface area contributed by atoms with E-state index >= 15 is 0 Å². The monoisotopic (exact) mass is 315 g/mol. The van der Waals surface area contributed by atoms with E-state index in [-0.39, 0.29) is 6.03 Å². The Hall–Kier alpha value is -2.76. The number of urea groups is 1. The summed E-state index contributed by atoms with van der Waals surface area (Å²) < 4.78 is 11.0. The van der Waals surface area contributed by atoms with E-state index in [4.69, 9.17) is 9.47 Å². The SMILES string of the molecule is CCOc1ncccc1NC(=O)N(C)CCOc1ccccc1.